The van der Waals surface area contributed by atoms with Crippen molar-refractivity contribution in [3.63, 3.8) is 0 Å². The van der Waals surface area contributed by atoms with Gasteiger partial charge in [-0.3, -0.25) is 33.8 Å². The van der Waals surface area contributed by atoms with Crippen molar-refractivity contribution < 1.29 is 79.6 Å². The minimum absolute atomic E-state index is 0.0163. The molecule has 0 aliphatic rings. The van der Waals surface area contributed by atoms with Crippen molar-refractivity contribution in [2.75, 3.05) is 13.0 Å². The summed E-state index contributed by atoms with van der Waals surface area (Å²) in [5.41, 5.74) is 48.3. The molecule has 26 heteroatoms. The number of nitrogens with two attached hydrogens (primary N) is 9. The Bertz CT molecular complexity index is 2630. The smallest absolute Gasteiger partial charge is 0.323 e. The number of hydrogen-bond donors (Lipinski definition) is 18. The number of carboxylic acid groups (broad SMARTS) is 6. The third kappa shape index (κ3) is 31.0. The predicted molar refractivity (Wildman–Crippen MR) is 253 cm³/mol. The number of imidazole rings is 1. The van der Waals surface area contributed by atoms with Gasteiger partial charge in [-0.1, -0.05) is 54.9 Å². The molecule has 68 heavy (non-hydrogen) atoms. The first kappa shape index (κ1) is 44.8. The van der Waals surface area contributed by atoms with Gasteiger partial charge in [-0.25, -0.2) is 4.98 Å². The summed E-state index contributed by atoms with van der Waals surface area (Å²) in [5.74, 6) is -7.35. The second-order valence-electron chi connectivity index (χ2n) is 13.6. The number of rotatable bonds is 21. The van der Waals surface area contributed by atoms with Gasteiger partial charge in [0.15, 0.2) is 5.96 Å². The maximum Gasteiger partial charge on any atom is 0.323 e. The van der Waals surface area contributed by atoms with Crippen LogP contribution in [0, 0.1) is 0 Å². The molecule has 26 nitrogen and oxygen atoms in total. The molecule has 7 atom stereocenters. The molecule has 0 spiro atoms. The van der Waals surface area contributed by atoms with Crippen molar-refractivity contribution in [3.8, 4) is 0 Å². The lowest BCUT2D eigenvalue weighted by Crippen LogP contribution is -2.39. The standard InChI is InChI=1S/C11H12N2O2.C9H11NO2.C6H14N4O2.C6H9N3O2.C6H14N2O2.C4H9NO3/c12-9(11(14)15)5-7-6-13-10-4-2-1-3-8(7)10;10-8(9(11)12)6-7-4-2-1-3-5-7;7-4(5(11)12)2-1-3-10-6(8)9;7-5(6(10)11)1-4-2-8-3-9-4;7-4-2-1-3-5(8)6(9)10;1-2(6)3(5)4(7)8/h1-4,6,9,13H,5,12H2,(H,14,15);1-5,8H,6,10H2,(H,11,12);4H,1-3,7H2,(H,11,12)(H4,8,9,10);2-3,5H,1,7H2,(H,8,9)(H,10,11);5H,1-4,7-8H2,(H,9,10);2-3,6H,5H2,1H3,(H,7,8)/t9-;;4-;2*5-;2?,3-/m0.0000/s1/i6D;2D,3D,4D,5D;3D2;3D;4D2;2D. The minimum atomic E-state index is -2.09. The first-order valence-corrected chi connectivity index (χ1v) is 19.6. The molecular weight excluding hydrogens is 895 g/mol. The number of H-pyrrole nitrogens is 2. The Morgan fingerprint density at radius 3 is 1.66 bits per heavy atom. The first-order valence-electron chi connectivity index (χ1n) is 25.1. The summed E-state index contributed by atoms with van der Waals surface area (Å²) < 4.78 is 79.7. The molecule has 0 saturated heterocycles. The second kappa shape index (κ2) is 36.1. The minimum Gasteiger partial charge on any atom is -0.480 e. The van der Waals surface area contributed by atoms with Gasteiger partial charge in [-0.15, -0.1) is 0 Å². The van der Waals surface area contributed by atoms with Crippen molar-refractivity contribution in [3.05, 3.63) is 90.0 Å². The van der Waals surface area contributed by atoms with Gasteiger partial charge in [-0.2, -0.15) is 0 Å². The molecule has 4 rings (SSSR count). The number of aliphatic carboxylic acids is 6. The summed E-state index contributed by atoms with van der Waals surface area (Å²) in [6.07, 6.45) is 0.334. The van der Waals surface area contributed by atoms with E-state index in [0.29, 0.717) is 17.7 Å². The van der Waals surface area contributed by atoms with Crippen molar-refractivity contribution in [1.82, 2.24) is 15.0 Å². The lowest BCUT2D eigenvalue weighted by atomic mass is 10.1. The number of aliphatic hydroxyl groups is 1. The fraction of sp³-hybridized carbons (Fsp3) is 0.429. The average molecular weight is 975 g/mol. The molecule has 4 aromatic rings. The normalized spacial score (nSPS) is 16.4. The highest BCUT2D eigenvalue weighted by Gasteiger charge is 2.17. The Morgan fingerprint density at radius 1 is 0.721 bits per heavy atom. The first-order chi connectivity index (χ1) is 36.0. The molecule has 380 valence electrons. The molecule has 2 aromatic heterocycles. The van der Waals surface area contributed by atoms with E-state index >= 15 is 0 Å². The molecule has 0 fully saturated rings. The SMILES string of the molecule is [2H]C(C)(O)[C@H](N)C(=O)O.[2H]C([2H])(CC[C@H](N)C(=O)O)N=C(N)N.[2H]C([2H])(N)CCC[C@H](N)C(=O)O.[2H]c1[nH]c2ccccc2c1C[C@H](N)C(=O)O.[2H]c1cc([2H])c([2H])c(CC(N)C(=O)O)c1[2H].[2H]c1nc(C[C@H](N)C(=O)O)c[nH]1. The van der Waals surface area contributed by atoms with Crippen LogP contribution in [0.25, 0.3) is 10.9 Å². The predicted octanol–water partition coefficient (Wildman–Crippen LogP) is -2.11. The van der Waals surface area contributed by atoms with Crippen molar-refractivity contribution >= 4 is 52.7 Å². The van der Waals surface area contributed by atoms with E-state index in [1.807, 2.05) is 24.3 Å². The van der Waals surface area contributed by atoms with Crippen LogP contribution >= 0.6 is 0 Å². The Balaban J connectivity index is 0. The fourth-order valence-corrected chi connectivity index (χ4v) is 4.14. The molecule has 0 amide bonds. The van der Waals surface area contributed by atoms with E-state index in [1.165, 1.54) is 6.20 Å². The van der Waals surface area contributed by atoms with Gasteiger partial charge < -0.3 is 97.3 Å². The van der Waals surface area contributed by atoms with Crippen LogP contribution in [0.3, 0.4) is 0 Å². The van der Waals surface area contributed by atoms with E-state index in [0.717, 1.165) is 23.9 Å². The number of aliphatic imine (C=N–C) groups is 1. The number of aromatic amines is 2. The highest BCUT2D eigenvalue weighted by Crippen LogP contribution is 2.18. The Morgan fingerprint density at radius 2 is 1.22 bits per heavy atom. The third-order valence-electron chi connectivity index (χ3n) is 7.88. The lowest BCUT2D eigenvalue weighted by molar-refractivity contribution is -0.141. The monoisotopic (exact) mass is 975 g/mol. The second-order valence-corrected chi connectivity index (χ2v) is 13.6. The zero-order valence-electron chi connectivity index (χ0n) is 47.8. The summed E-state index contributed by atoms with van der Waals surface area (Å²) in [6.45, 7) is -2.67. The van der Waals surface area contributed by atoms with Crippen LogP contribution in [0.2, 0.25) is 0 Å². The van der Waals surface area contributed by atoms with E-state index in [4.69, 9.17) is 102 Å². The molecule has 0 saturated carbocycles. The molecule has 0 aliphatic heterocycles. The van der Waals surface area contributed by atoms with Gasteiger partial charge in [0, 0.05) is 45.4 Å². The van der Waals surface area contributed by atoms with Crippen LogP contribution < -0.4 is 51.6 Å². The maximum atomic E-state index is 10.7. The highest BCUT2D eigenvalue weighted by atomic mass is 16.4. The lowest BCUT2D eigenvalue weighted by Gasteiger charge is -2.06. The summed E-state index contributed by atoms with van der Waals surface area (Å²) in [4.78, 5) is 74.4. The number of carbonyl (C=O) groups is 6. The van der Waals surface area contributed by atoms with Crippen LogP contribution in [0.4, 0.5) is 0 Å². The Hall–Kier alpha value is -7.04. The number of fused-ring (bicyclic) bond motifs is 1. The van der Waals surface area contributed by atoms with Crippen molar-refractivity contribution in [2.24, 2.45) is 56.6 Å². The van der Waals surface area contributed by atoms with Gasteiger partial charge in [-0.05, 0) is 62.7 Å². The van der Waals surface area contributed by atoms with Gasteiger partial charge in [0.25, 0.3) is 0 Å². The zero-order valence-corrected chi connectivity index (χ0v) is 36.8. The number of nitrogens with zero attached hydrogens (tertiary/aromatic N) is 2. The number of carboxylic acids is 6. The molecule has 2 aromatic carbocycles. The van der Waals surface area contributed by atoms with Gasteiger partial charge in [0.1, 0.15) is 37.6 Å². The van der Waals surface area contributed by atoms with E-state index in [9.17, 15) is 28.8 Å². The maximum absolute atomic E-state index is 10.7. The third-order valence-corrected chi connectivity index (χ3v) is 7.88. The number of benzene rings is 2. The van der Waals surface area contributed by atoms with E-state index in [2.05, 4.69) is 19.9 Å². The fourth-order valence-electron chi connectivity index (χ4n) is 4.14. The quantitative estimate of drug-likeness (QED) is 0.0314. The van der Waals surface area contributed by atoms with Crippen molar-refractivity contribution in [2.45, 2.75) is 101 Å². The van der Waals surface area contributed by atoms with Gasteiger partial charge in [0.05, 0.1) is 29.0 Å². The molecular formula is C42H69N13O13. The van der Waals surface area contributed by atoms with Crippen LogP contribution in [0.1, 0.15) is 70.9 Å². The molecule has 0 bridgehead atoms. The summed E-state index contributed by atoms with van der Waals surface area (Å²) >= 11 is 0. The number of para-hydroxylation sites is 1. The summed E-state index contributed by atoms with van der Waals surface area (Å²) in [5, 5.41) is 60.2. The largest absolute Gasteiger partial charge is 0.480 e. The molecule has 0 radical (unpaired) electrons. The topological polar surface area (TPSA) is 535 Å². The molecule has 2 unspecified atom stereocenters. The number of guanidine groups is 1. The number of hydrogen-bond acceptors (Lipinski definition) is 16. The molecule has 27 N–H and O–H groups in total. The Kier molecular flexibility index (Phi) is 23.8. The molecule has 2 heterocycles. The number of aromatic nitrogens is 3. The summed E-state index contributed by atoms with van der Waals surface area (Å²) in [6, 6.07) is 0.925. The van der Waals surface area contributed by atoms with Gasteiger partial charge in [0.2, 0.25) is 0 Å². The van der Waals surface area contributed by atoms with Crippen molar-refractivity contribution in [1.29, 1.82) is 0 Å². The highest BCUT2D eigenvalue weighted by molar-refractivity contribution is 5.84. The van der Waals surface area contributed by atoms with E-state index < -0.39 is 91.1 Å². The van der Waals surface area contributed by atoms with Crippen LogP contribution in [-0.2, 0) is 48.0 Å². The van der Waals surface area contributed by atoms with Crippen LogP contribution in [0.15, 0.2) is 78.2 Å². The summed E-state index contributed by atoms with van der Waals surface area (Å²) in [7, 11) is 0. The van der Waals surface area contributed by atoms with E-state index in [-0.39, 0.29) is 93.1 Å². The van der Waals surface area contributed by atoms with E-state index in [1.54, 1.807) is 0 Å². The Labute approximate surface area is 407 Å². The average Bonchev–Trinajstić information content (AvgIpc) is 3.88. The zero-order chi connectivity index (χ0) is 62.1. The van der Waals surface area contributed by atoms with Gasteiger partial charge >= 0.3 is 35.8 Å². The molecule has 0 aliphatic carbocycles. The van der Waals surface area contributed by atoms with Crippen LogP contribution in [0.5, 0.6) is 0 Å². The number of nitrogens with one attached hydrogen (secondary N) is 2. The van der Waals surface area contributed by atoms with Crippen LogP contribution in [-0.4, -0.2) is 148 Å².